The van der Waals surface area contributed by atoms with Gasteiger partial charge in [0.15, 0.2) is 0 Å². The number of anilines is 1. The van der Waals surface area contributed by atoms with Crippen LogP contribution in [0.5, 0.6) is 0 Å². The first kappa shape index (κ1) is 9.58. The normalized spacial score (nSPS) is 9.69. The van der Waals surface area contributed by atoms with Crippen LogP contribution >= 0.6 is 0 Å². The van der Waals surface area contributed by atoms with E-state index in [2.05, 4.69) is 0 Å². The molecule has 0 unspecified atom stereocenters. The number of carbonyl (C=O) groups is 1. The molecule has 3 heteroatoms. The number of rotatable bonds is 2. The molecule has 70 valence electrons. The van der Waals surface area contributed by atoms with Crippen LogP contribution in [0.4, 0.5) is 5.69 Å². The first-order chi connectivity index (χ1) is 6.15. The maximum absolute atomic E-state index is 11.2. The molecule has 13 heavy (non-hydrogen) atoms. The van der Waals surface area contributed by atoms with E-state index in [4.69, 9.17) is 10.5 Å². The number of esters is 1. The van der Waals surface area contributed by atoms with E-state index in [0.29, 0.717) is 17.9 Å². The number of ether oxygens (including phenoxy) is 1. The van der Waals surface area contributed by atoms with E-state index in [1.54, 1.807) is 25.1 Å². The summed E-state index contributed by atoms with van der Waals surface area (Å²) in [7, 11) is 0. The lowest BCUT2D eigenvalue weighted by Gasteiger charge is -2.04. The number of benzene rings is 1. The Hall–Kier alpha value is -1.51. The summed E-state index contributed by atoms with van der Waals surface area (Å²) in [6.07, 6.45) is 0. The van der Waals surface area contributed by atoms with E-state index in [1.807, 2.05) is 6.92 Å². The lowest BCUT2D eigenvalue weighted by Crippen LogP contribution is -2.05. The van der Waals surface area contributed by atoms with Crippen LogP contribution < -0.4 is 5.73 Å². The van der Waals surface area contributed by atoms with Gasteiger partial charge in [0.1, 0.15) is 0 Å². The molecule has 0 spiro atoms. The monoisotopic (exact) mass is 179 g/mol. The van der Waals surface area contributed by atoms with Gasteiger partial charge < -0.3 is 10.5 Å². The van der Waals surface area contributed by atoms with Crippen LogP contribution in [0, 0.1) is 6.92 Å². The molecule has 0 aliphatic heterocycles. The molecule has 0 aromatic heterocycles. The fraction of sp³-hybridized carbons (Fsp3) is 0.300. The quantitative estimate of drug-likeness (QED) is 0.556. The highest BCUT2D eigenvalue weighted by Gasteiger charge is 2.06. The smallest absolute Gasteiger partial charge is 0.338 e. The van der Waals surface area contributed by atoms with Gasteiger partial charge in [0.05, 0.1) is 12.2 Å². The first-order valence-corrected chi connectivity index (χ1v) is 4.18. The topological polar surface area (TPSA) is 52.3 Å². The molecule has 0 saturated heterocycles. The van der Waals surface area contributed by atoms with Crippen LogP contribution in [0.1, 0.15) is 22.8 Å². The van der Waals surface area contributed by atoms with Crippen LogP contribution in [-0.4, -0.2) is 12.6 Å². The Balaban J connectivity index is 2.90. The summed E-state index contributed by atoms with van der Waals surface area (Å²) in [4.78, 5) is 11.2. The van der Waals surface area contributed by atoms with Gasteiger partial charge in [-0.25, -0.2) is 4.79 Å². The summed E-state index contributed by atoms with van der Waals surface area (Å²) in [5.74, 6) is -0.300. The van der Waals surface area contributed by atoms with Gasteiger partial charge in [-0.2, -0.15) is 0 Å². The molecule has 3 nitrogen and oxygen atoms in total. The molecule has 0 fully saturated rings. The summed E-state index contributed by atoms with van der Waals surface area (Å²) in [5.41, 5.74) is 7.74. The van der Waals surface area contributed by atoms with Crippen molar-refractivity contribution in [2.75, 3.05) is 12.3 Å². The van der Waals surface area contributed by atoms with Gasteiger partial charge in [0.25, 0.3) is 0 Å². The van der Waals surface area contributed by atoms with E-state index in [0.717, 1.165) is 5.56 Å². The molecular weight excluding hydrogens is 166 g/mol. The highest BCUT2D eigenvalue weighted by Crippen LogP contribution is 2.13. The minimum atomic E-state index is -0.300. The highest BCUT2D eigenvalue weighted by atomic mass is 16.5. The van der Waals surface area contributed by atoms with Gasteiger partial charge in [-0.05, 0) is 37.6 Å². The molecule has 0 saturated carbocycles. The zero-order valence-corrected chi connectivity index (χ0v) is 7.83. The Bertz CT molecular complexity index is 321. The van der Waals surface area contributed by atoms with Crippen LogP contribution in [-0.2, 0) is 4.74 Å². The number of carbonyl (C=O) groups excluding carboxylic acids is 1. The summed E-state index contributed by atoms with van der Waals surface area (Å²) >= 11 is 0. The Kier molecular flexibility index (Phi) is 2.90. The minimum absolute atomic E-state index is 0.300. The second-order valence-electron chi connectivity index (χ2n) is 2.79. The predicted octanol–water partition coefficient (Wildman–Crippen LogP) is 1.75. The molecule has 1 aromatic carbocycles. The molecule has 0 bridgehead atoms. The van der Waals surface area contributed by atoms with Gasteiger partial charge in [-0.3, -0.25) is 0 Å². The lowest BCUT2D eigenvalue weighted by atomic mass is 10.1. The Morgan fingerprint density at radius 1 is 1.54 bits per heavy atom. The van der Waals surface area contributed by atoms with Crippen molar-refractivity contribution < 1.29 is 9.53 Å². The van der Waals surface area contributed by atoms with Gasteiger partial charge in [-0.1, -0.05) is 0 Å². The van der Waals surface area contributed by atoms with Gasteiger partial charge in [-0.15, -0.1) is 0 Å². The van der Waals surface area contributed by atoms with Crippen molar-refractivity contribution in [1.29, 1.82) is 0 Å². The first-order valence-electron chi connectivity index (χ1n) is 4.18. The minimum Gasteiger partial charge on any atom is -0.462 e. The molecule has 2 N–H and O–H groups in total. The Morgan fingerprint density at radius 3 is 2.77 bits per heavy atom. The fourth-order valence-corrected chi connectivity index (χ4v) is 1.02. The standard InChI is InChI=1S/C10H13NO2/c1-3-13-10(12)8-4-5-9(11)7(2)6-8/h4-6H,3,11H2,1-2H3. The highest BCUT2D eigenvalue weighted by molar-refractivity contribution is 5.90. The Morgan fingerprint density at radius 2 is 2.23 bits per heavy atom. The van der Waals surface area contributed by atoms with Crippen molar-refractivity contribution in [3.8, 4) is 0 Å². The fourth-order valence-electron chi connectivity index (χ4n) is 1.02. The number of aryl methyl sites for hydroxylation is 1. The van der Waals surface area contributed by atoms with Gasteiger partial charge >= 0.3 is 5.97 Å². The van der Waals surface area contributed by atoms with Crippen molar-refractivity contribution in [1.82, 2.24) is 0 Å². The SMILES string of the molecule is CCOC(=O)c1ccc(N)c(C)c1. The van der Waals surface area contributed by atoms with Crippen molar-refractivity contribution >= 4 is 11.7 Å². The Labute approximate surface area is 77.5 Å². The van der Waals surface area contributed by atoms with Crippen molar-refractivity contribution in [3.63, 3.8) is 0 Å². The molecular formula is C10H13NO2. The van der Waals surface area contributed by atoms with Crippen molar-refractivity contribution in [2.24, 2.45) is 0 Å². The zero-order valence-electron chi connectivity index (χ0n) is 7.83. The zero-order chi connectivity index (χ0) is 9.84. The van der Waals surface area contributed by atoms with Crippen LogP contribution in [0.25, 0.3) is 0 Å². The average molecular weight is 179 g/mol. The van der Waals surface area contributed by atoms with Crippen molar-refractivity contribution in [2.45, 2.75) is 13.8 Å². The third-order valence-electron chi connectivity index (χ3n) is 1.78. The average Bonchev–Trinajstić information content (AvgIpc) is 2.10. The van der Waals surface area contributed by atoms with Crippen LogP contribution in [0.2, 0.25) is 0 Å². The van der Waals surface area contributed by atoms with E-state index < -0.39 is 0 Å². The molecule has 0 radical (unpaired) electrons. The molecule has 0 heterocycles. The summed E-state index contributed by atoms with van der Waals surface area (Å²) < 4.78 is 4.84. The molecule has 0 atom stereocenters. The third kappa shape index (κ3) is 2.21. The maximum Gasteiger partial charge on any atom is 0.338 e. The molecule has 0 aliphatic carbocycles. The number of hydrogen-bond acceptors (Lipinski definition) is 3. The van der Waals surface area contributed by atoms with E-state index in [1.165, 1.54) is 0 Å². The second kappa shape index (κ2) is 3.94. The number of hydrogen-bond donors (Lipinski definition) is 1. The lowest BCUT2D eigenvalue weighted by molar-refractivity contribution is 0.0526. The van der Waals surface area contributed by atoms with E-state index >= 15 is 0 Å². The predicted molar refractivity (Wildman–Crippen MR) is 51.5 cm³/mol. The van der Waals surface area contributed by atoms with Crippen LogP contribution in [0.3, 0.4) is 0 Å². The summed E-state index contributed by atoms with van der Waals surface area (Å²) in [6, 6.07) is 5.11. The van der Waals surface area contributed by atoms with E-state index in [9.17, 15) is 4.79 Å². The third-order valence-corrected chi connectivity index (χ3v) is 1.78. The van der Waals surface area contributed by atoms with Gasteiger partial charge in [0, 0.05) is 5.69 Å². The molecule has 1 aromatic rings. The van der Waals surface area contributed by atoms with Crippen LogP contribution in [0.15, 0.2) is 18.2 Å². The molecule has 1 rings (SSSR count). The van der Waals surface area contributed by atoms with E-state index in [-0.39, 0.29) is 5.97 Å². The largest absolute Gasteiger partial charge is 0.462 e. The molecule has 0 aliphatic rings. The molecule has 0 amide bonds. The van der Waals surface area contributed by atoms with Gasteiger partial charge in [0.2, 0.25) is 0 Å². The summed E-state index contributed by atoms with van der Waals surface area (Å²) in [5, 5.41) is 0. The second-order valence-corrected chi connectivity index (χ2v) is 2.79. The number of nitrogens with two attached hydrogens (primary N) is 1. The number of nitrogen functional groups attached to an aromatic ring is 1. The van der Waals surface area contributed by atoms with Crippen molar-refractivity contribution in [3.05, 3.63) is 29.3 Å². The maximum atomic E-state index is 11.2. The summed E-state index contributed by atoms with van der Waals surface area (Å²) in [6.45, 7) is 4.03.